The van der Waals surface area contributed by atoms with E-state index in [-0.39, 0.29) is 12.5 Å². The normalized spacial score (nSPS) is 20.9. The summed E-state index contributed by atoms with van der Waals surface area (Å²) in [6, 6.07) is 18.5. The van der Waals surface area contributed by atoms with E-state index in [9.17, 15) is 4.79 Å². The number of benzene rings is 2. The minimum Gasteiger partial charge on any atom is -0.485 e. The molecule has 2 heterocycles. The fraction of sp³-hybridized carbons (Fsp3) is 0.409. The molecule has 5 nitrogen and oxygen atoms in total. The lowest BCUT2D eigenvalue weighted by Crippen LogP contribution is -2.55. The largest absolute Gasteiger partial charge is 0.485 e. The van der Waals surface area contributed by atoms with Crippen LogP contribution in [0.25, 0.3) is 0 Å². The minimum absolute atomic E-state index is 0.0277. The molecule has 0 bridgehead atoms. The Morgan fingerprint density at radius 2 is 1.67 bits per heavy atom. The summed E-state index contributed by atoms with van der Waals surface area (Å²) in [5.41, 5.74) is 1.36. The maximum Gasteiger partial charge on any atom is 0.267 e. The van der Waals surface area contributed by atoms with Crippen LogP contribution in [0.5, 0.6) is 11.5 Å². The molecule has 0 spiro atoms. The Labute approximate surface area is 160 Å². The third-order valence-electron chi connectivity index (χ3n) is 5.41. The number of hydrogen-bond donors (Lipinski definition) is 0. The van der Waals surface area contributed by atoms with Crippen LogP contribution in [0.3, 0.4) is 0 Å². The van der Waals surface area contributed by atoms with Gasteiger partial charge in [-0.1, -0.05) is 42.5 Å². The predicted octanol–water partition coefficient (Wildman–Crippen LogP) is 2.60. The second-order valence-corrected chi connectivity index (χ2v) is 7.26. The van der Waals surface area contributed by atoms with E-state index in [0.717, 1.165) is 32.6 Å². The number of nitrogens with zero attached hydrogens (tertiary/aromatic N) is 2. The Kier molecular flexibility index (Phi) is 5.30. The molecule has 2 atom stereocenters. The summed E-state index contributed by atoms with van der Waals surface area (Å²) in [6.45, 7) is 5.80. The summed E-state index contributed by atoms with van der Waals surface area (Å²) < 4.78 is 11.6. The average molecular weight is 366 g/mol. The number of ether oxygens (including phenoxy) is 2. The number of carbonyl (C=O) groups is 1. The van der Waals surface area contributed by atoms with Gasteiger partial charge in [-0.25, -0.2) is 0 Å². The zero-order valence-corrected chi connectivity index (χ0v) is 15.7. The van der Waals surface area contributed by atoms with E-state index in [2.05, 4.69) is 36.1 Å². The molecule has 1 fully saturated rings. The molecule has 0 saturated carbocycles. The van der Waals surface area contributed by atoms with E-state index < -0.39 is 6.10 Å². The van der Waals surface area contributed by atoms with Gasteiger partial charge in [-0.05, 0) is 31.0 Å². The Morgan fingerprint density at radius 3 is 2.41 bits per heavy atom. The van der Waals surface area contributed by atoms with Gasteiger partial charge in [0.15, 0.2) is 11.5 Å². The zero-order chi connectivity index (χ0) is 18.6. The van der Waals surface area contributed by atoms with Crippen LogP contribution in [-0.2, 0) is 11.2 Å². The van der Waals surface area contributed by atoms with E-state index in [1.54, 1.807) is 0 Å². The molecule has 2 aromatic rings. The van der Waals surface area contributed by atoms with Gasteiger partial charge in [0.25, 0.3) is 5.91 Å². The number of rotatable bonds is 4. The van der Waals surface area contributed by atoms with Crippen molar-refractivity contribution in [1.82, 2.24) is 9.80 Å². The summed E-state index contributed by atoms with van der Waals surface area (Å²) >= 11 is 0. The Hall–Kier alpha value is -2.53. The van der Waals surface area contributed by atoms with Crippen LogP contribution in [-0.4, -0.2) is 60.6 Å². The maximum atomic E-state index is 12.8. The van der Waals surface area contributed by atoms with Crippen LogP contribution < -0.4 is 9.47 Å². The molecule has 5 heteroatoms. The highest BCUT2D eigenvalue weighted by Gasteiger charge is 2.33. The van der Waals surface area contributed by atoms with Gasteiger partial charge in [-0.2, -0.15) is 0 Å². The number of amides is 1. The second-order valence-electron chi connectivity index (χ2n) is 7.26. The molecule has 0 aliphatic carbocycles. The van der Waals surface area contributed by atoms with E-state index in [1.165, 1.54) is 5.56 Å². The molecule has 142 valence electrons. The molecule has 2 aliphatic heterocycles. The molecule has 1 saturated heterocycles. The van der Waals surface area contributed by atoms with Crippen molar-refractivity contribution in [3.63, 3.8) is 0 Å². The van der Waals surface area contributed by atoms with Crippen molar-refractivity contribution in [3.8, 4) is 11.5 Å². The van der Waals surface area contributed by atoms with Gasteiger partial charge in [0, 0.05) is 32.2 Å². The number of para-hydroxylation sites is 2. The van der Waals surface area contributed by atoms with Crippen molar-refractivity contribution in [2.75, 3.05) is 32.8 Å². The first-order chi connectivity index (χ1) is 13.2. The third-order valence-corrected chi connectivity index (χ3v) is 5.41. The summed E-state index contributed by atoms with van der Waals surface area (Å²) in [4.78, 5) is 17.2. The standard InChI is InChI=1S/C22H26N2O3/c1-17(15-18-7-3-2-4-8-18)23-11-13-24(14-12-23)22(25)21-16-26-19-9-5-6-10-20(19)27-21/h2-10,17,21H,11-16H2,1H3. The summed E-state index contributed by atoms with van der Waals surface area (Å²) in [7, 11) is 0. The fourth-order valence-electron chi connectivity index (χ4n) is 3.81. The van der Waals surface area contributed by atoms with Gasteiger partial charge in [0.2, 0.25) is 6.10 Å². The highest BCUT2D eigenvalue weighted by Crippen LogP contribution is 2.31. The SMILES string of the molecule is CC(Cc1ccccc1)N1CCN(C(=O)C2COc3ccccc3O2)CC1. The van der Waals surface area contributed by atoms with Gasteiger partial charge in [-0.15, -0.1) is 0 Å². The van der Waals surface area contributed by atoms with Crippen molar-refractivity contribution in [1.29, 1.82) is 0 Å². The average Bonchev–Trinajstić information content (AvgIpc) is 2.73. The van der Waals surface area contributed by atoms with Crippen LogP contribution >= 0.6 is 0 Å². The van der Waals surface area contributed by atoms with Crippen molar-refractivity contribution in [3.05, 3.63) is 60.2 Å². The number of fused-ring (bicyclic) bond motifs is 1. The molecule has 2 unspecified atom stereocenters. The highest BCUT2D eigenvalue weighted by molar-refractivity contribution is 5.82. The van der Waals surface area contributed by atoms with Crippen LogP contribution in [0.4, 0.5) is 0 Å². The molecule has 0 N–H and O–H groups in total. The van der Waals surface area contributed by atoms with Crippen molar-refractivity contribution >= 4 is 5.91 Å². The van der Waals surface area contributed by atoms with E-state index in [0.29, 0.717) is 17.5 Å². The van der Waals surface area contributed by atoms with E-state index in [1.807, 2.05) is 35.2 Å². The number of hydrogen-bond acceptors (Lipinski definition) is 4. The number of carbonyl (C=O) groups excluding carboxylic acids is 1. The molecule has 1 amide bonds. The van der Waals surface area contributed by atoms with Gasteiger partial charge in [-0.3, -0.25) is 9.69 Å². The van der Waals surface area contributed by atoms with Crippen LogP contribution in [0.1, 0.15) is 12.5 Å². The van der Waals surface area contributed by atoms with E-state index >= 15 is 0 Å². The lowest BCUT2D eigenvalue weighted by molar-refractivity contribution is -0.143. The molecule has 2 aromatic carbocycles. The van der Waals surface area contributed by atoms with Gasteiger partial charge >= 0.3 is 0 Å². The molecule has 0 aromatic heterocycles. The first-order valence-electron chi connectivity index (χ1n) is 9.66. The van der Waals surface area contributed by atoms with Gasteiger partial charge < -0.3 is 14.4 Å². The monoisotopic (exact) mass is 366 g/mol. The second kappa shape index (κ2) is 8.01. The van der Waals surface area contributed by atoms with Crippen molar-refractivity contribution < 1.29 is 14.3 Å². The molecular weight excluding hydrogens is 340 g/mol. The Morgan fingerprint density at radius 1 is 1.00 bits per heavy atom. The Bertz CT molecular complexity index is 772. The summed E-state index contributed by atoms with van der Waals surface area (Å²) in [6.07, 6.45) is 0.485. The first kappa shape index (κ1) is 17.9. The topological polar surface area (TPSA) is 42.0 Å². The van der Waals surface area contributed by atoms with Gasteiger partial charge in [0.05, 0.1) is 0 Å². The Balaban J connectivity index is 1.29. The fourth-order valence-corrected chi connectivity index (χ4v) is 3.81. The molecule has 2 aliphatic rings. The zero-order valence-electron chi connectivity index (χ0n) is 15.7. The predicted molar refractivity (Wildman–Crippen MR) is 104 cm³/mol. The molecule has 0 radical (unpaired) electrons. The molecule has 4 rings (SSSR count). The van der Waals surface area contributed by atoms with Crippen molar-refractivity contribution in [2.24, 2.45) is 0 Å². The summed E-state index contributed by atoms with van der Waals surface area (Å²) in [5, 5.41) is 0. The molecule has 27 heavy (non-hydrogen) atoms. The van der Waals surface area contributed by atoms with Crippen LogP contribution in [0.15, 0.2) is 54.6 Å². The number of piperazine rings is 1. The minimum atomic E-state index is -0.548. The smallest absolute Gasteiger partial charge is 0.267 e. The van der Waals surface area contributed by atoms with E-state index in [4.69, 9.17) is 9.47 Å². The van der Waals surface area contributed by atoms with Crippen molar-refractivity contribution in [2.45, 2.75) is 25.5 Å². The first-order valence-corrected chi connectivity index (χ1v) is 9.66. The quantitative estimate of drug-likeness (QED) is 0.834. The third kappa shape index (κ3) is 4.08. The summed E-state index contributed by atoms with van der Waals surface area (Å²) in [5.74, 6) is 1.39. The van der Waals surface area contributed by atoms with Gasteiger partial charge in [0.1, 0.15) is 6.61 Å². The van der Waals surface area contributed by atoms with Crippen LogP contribution in [0, 0.1) is 0 Å². The lowest BCUT2D eigenvalue weighted by Gasteiger charge is -2.39. The van der Waals surface area contributed by atoms with Crippen LogP contribution in [0.2, 0.25) is 0 Å². The highest BCUT2D eigenvalue weighted by atomic mass is 16.6. The maximum absolute atomic E-state index is 12.8. The molecular formula is C22H26N2O3. The lowest BCUT2D eigenvalue weighted by atomic mass is 10.1.